The number of carbonyl (C=O) groups excluding carboxylic acids is 1. The van der Waals surface area contributed by atoms with Gasteiger partial charge in [-0.3, -0.25) is 0 Å². The van der Waals surface area contributed by atoms with Crippen LogP contribution in [-0.2, 0) is 37.5 Å². The monoisotopic (exact) mass is 214 g/mol. The van der Waals surface area contributed by atoms with Crippen molar-refractivity contribution in [1.29, 1.82) is 0 Å². The minimum atomic E-state index is 0. The maximum atomic E-state index is 10.9. The Morgan fingerprint density at radius 2 is 1.90 bits per heavy atom. The summed E-state index contributed by atoms with van der Waals surface area (Å²) < 4.78 is 0. The minimum Gasteiger partial charge on any atom is -0.339 e. The molecule has 1 fully saturated rings. The molecule has 1 saturated carbocycles. The number of rotatable bonds is 2. The molecule has 10 heavy (non-hydrogen) atoms. The molecule has 0 aromatic heterocycles. The van der Waals surface area contributed by atoms with E-state index in [1.54, 1.807) is 0 Å². The van der Waals surface area contributed by atoms with Gasteiger partial charge in [-0.1, -0.05) is 13.8 Å². The van der Waals surface area contributed by atoms with E-state index < -0.39 is 0 Å². The molecule has 0 bridgehead atoms. The van der Waals surface area contributed by atoms with Gasteiger partial charge in [-0.15, -0.1) is 0 Å². The normalized spacial score (nSPS) is 19.9. The molecule has 1 nitrogen and oxygen atoms in total. The number of Topliss-reactive ketones (excluding diaryl/α,β-unsaturated/α-hetero) is 1. The van der Waals surface area contributed by atoms with Gasteiger partial charge in [0.25, 0.3) is 0 Å². The molecule has 0 N–H and O–H groups in total. The van der Waals surface area contributed by atoms with E-state index in [1.807, 2.05) is 0 Å². The third-order valence-electron chi connectivity index (χ3n) is 2.45. The molecule has 2 heteroatoms. The SMILES string of the molecule is [CH2-]C(=O)C1(C(C)C)CC1.[Y]. The topological polar surface area (TPSA) is 17.1 Å². The van der Waals surface area contributed by atoms with Gasteiger partial charge < -0.3 is 11.7 Å². The van der Waals surface area contributed by atoms with Crippen LogP contribution in [0.15, 0.2) is 0 Å². The Hall–Kier alpha value is 0.644. The van der Waals surface area contributed by atoms with E-state index in [0.29, 0.717) is 5.92 Å². The van der Waals surface area contributed by atoms with Crippen molar-refractivity contribution in [2.45, 2.75) is 26.7 Å². The second kappa shape index (κ2) is 3.36. The van der Waals surface area contributed by atoms with Crippen molar-refractivity contribution in [2.24, 2.45) is 11.3 Å². The Bertz CT molecular complexity index is 136. The number of hydrogen-bond donors (Lipinski definition) is 0. The summed E-state index contributed by atoms with van der Waals surface area (Å²) in [5.41, 5.74) is 0.000000000000000222. The predicted molar refractivity (Wildman–Crippen MR) is 36.9 cm³/mol. The summed E-state index contributed by atoms with van der Waals surface area (Å²) in [6.45, 7) is 7.64. The zero-order valence-corrected chi connectivity index (χ0v) is 9.52. The van der Waals surface area contributed by atoms with E-state index in [4.69, 9.17) is 0 Å². The molecular formula is C8H13OY-. The van der Waals surface area contributed by atoms with Crippen molar-refractivity contribution in [3.63, 3.8) is 0 Å². The molecule has 1 rings (SSSR count). The first kappa shape index (κ1) is 10.6. The van der Waals surface area contributed by atoms with Crippen LogP contribution in [0.4, 0.5) is 0 Å². The molecule has 0 heterocycles. The summed E-state index contributed by atoms with van der Waals surface area (Å²) in [5, 5.41) is 0. The summed E-state index contributed by atoms with van der Waals surface area (Å²) in [6.07, 6.45) is 2.12. The van der Waals surface area contributed by atoms with Gasteiger partial charge in [-0.25, -0.2) is 0 Å². The van der Waals surface area contributed by atoms with Gasteiger partial charge in [0.15, 0.2) is 0 Å². The molecule has 0 atom stereocenters. The van der Waals surface area contributed by atoms with Crippen LogP contribution in [0.2, 0.25) is 0 Å². The Morgan fingerprint density at radius 1 is 1.50 bits per heavy atom. The standard InChI is InChI=1S/C8H13O.Y/c1-6(2)8(4-5-8)7(3)9;/h6H,3-5H2,1-2H3;/q-1;. The largest absolute Gasteiger partial charge is 0.339 e. The van der Waals surface area contributed by atoms with Crippen molar-refractivity contribution >= 4 is 5.78 Å². The Morgan fingerprint density at radius 3 is 1.90 bits per heavy atom. The molecule has 1 aliphatic carbocycles. The number of carbonyl (C=O) groups is 1. The van der Waals surface area contributed by atoms with Crippen LogP contribution in [0, 0.1) is 18.3 Å². The second-order valence-electron chi connectivity index (χ2n) is 3.23. The average molecular weight is 214 g/mol. The fraction of sp³-hybridized carbons (Fsp3) is 0.750. The van der Waals surface area contributed by atoms with Gasteiger partial charge in [0, 0.05) is 43.9 Å². The van der Waals surface area contributed by atoms with Crippen LogP contribution in [0.1, 0.15) is 26.7 Å². The zero-order valence-electron chi connectivity index (χ0n) is 6.68. The van der Waals surface area contributed by atoms with Gasteiger partial charge in [0.05, 0.1) is 0 Å². The van der Waals surface area contributed by atoms with Gasteiger partial charge in [0.2, 0.25) is 0 Å². The van der Waals surface area contributed by atoms with Crippen molar-refractivity contribution in [1.82, 2.24) is 0 Å². The smallest absolute Gasteiger partial charge is 0.00261 e. The molecule has 0 aromatic rings. The van der Waals surface area contributed by atoms with Gasteiger partial charge in [0.1, 0.15) is 0 Å². The van der Waals surface area contributed by atoms with Crippen LogP contribution in [-0.4, -0.2) is 5.78 Å². The average Bonchev–Trinajstić information content (AvgIpc) is 2.40. The van der Waals surface area contributed by atoms with E-state index in [2.05, 4.69) is 20.8 Å². The summed E-state index contributed by atoms with van der Waals surface area (Å²) in [5.74, 6) is 0.625. The van der Waals surface area contributed by atoms with Gasteiger partial charge >= 0.3 is 0 Å². The molecule has 0 unspecified atom stereocenters. The fourth-order valence-electron chi connectivity index (χ4n) is 1.31. The van der Waals surface area contributed by atoms with E-state index in [0.717, 1.165) is 12.8 Å². The number of ketones is 1. The molecule has 1 aliphatic rings. The molecule has 0 aliphatic heterocycles. The van der Waals surface area contributed by atoms with E-state index in [9.17, 15) is 4.79 Å². The first-order valence-electron chi connectivity index (χ1n) is 3.46. The molecule has 55 valence electrons. The minimum absolute atomic E-state index is 0. The van der Waals surface area contributed by atoms with Crippen LogP contribution < -0.4 is 0 Å². The summed E-state index contributed by atoms with van der Waals surface area (Å²) >= 11 is 0. The molecular weight excluding hydrogens is 201 g/mol. The molecule has 0 amide bonds. The first-order valence-corrected chi connectivity index (χ1v) is 3.46. The Balaban J connectivity index is 0.000000810. The fourth-order valence-corrected chi connectivity index (χ4v) is 1.31. The summed E-state index contributed by atoms with van der Waals surface area (Å²) in [4.78, 5) is 10.9. The third-order valence-corrected chi connectivity index (χ3v) is 2.45. The number of hydrogen-bond acceptors (Lipinski definition) is 1. The second-order valence-corrected chi connectivity index (χ2v) is 3.23. The van der Waals surface area contributed by atoms with E-state index >= 15 is 0 Å². The first-order chi connectivity index (χ1) is 4.09. The van der Waals surface area contributed by atoms with E-state index in [-0.39, 0.29) is 43.9 Å². The quantitative estimate of drug-likeness (QED) is 0.641. The van der Waals surface area contributed by atoms with Crippen LogP contribution in [0.5, 0.6) is 0 Å². The maximum absolute atomic E-state index is 10.9. The zero-order chi connectivity index (χ0) is 7.07. The Kier molecular flexibility index (Phi) is 3.58. The molecule has 0 aromatic carbocycles. The molecule has 1 radical (unpaired) electrons. The van der Waals surface area contributed by atoms with Gasteiger partial charge in [-0.05, 0) is 18.8 Å². The van der Waals surface area contributed by atoms with Crippen LogP contribution in [0.3, 0.4) is 0 Å². The van der Waals surface area contributed by atoms with Crippen molar-refractivity contribution in [3.8, 4) is 0 Å². The van der Waals surface area contributed by atoms with E-state index in [1.165, 1.54) is 0 Å². The molecule has 0 saturated heterocycles. The van der Waals surface area contributed by atoms with Crippen LogP contribution >= 0.6 is 0 Å². The summed E-state index contributed by atoms with van der Waals surface area (Å²) in [7, 11) is 0. The third kappa shape index (κ3) is 1.62. The van der Waals surface area contributed by atoms with Crippen molar-refractivity contribution in [3.05, 3.63) is 6.92 Å². The maximum Gasteiger partial charge on any atom is 0.00261 e. The van der Waals surface area contributed by atoms with Crippen LogP contribution in [0.25, 0.3) is 0 Å². The van der Waals surface area contributed by atoms with Crippen molar-refractivity contribution in [2.75, 3.05) is 0 Å². The summed E-state index contributed by atoms with van der Waals surface area (Å²) in [6, 6.07) is 0. The van der Waals surface area contributed by atoms with Gasteiger partial charge in [-0.2, -0.15) is 0 Å². The Labute approximate surface area is 87.8 Å². The predicted octanol–water partition coefficient (Wildman–Crippen LogP) is 1.82. The molecule has 0 spiro atoms. The van der Waals surface area contributed by atoms with Crippen molar-refractivity contribution < 1.29 is 37.5 Å².